The van der Waals surface area contributed by atoms with Gasteiger partial charge in [0, 0.05) is 12.1 Å². The van der Waals surface area contributed by atoms with Gasteiger partial charge < -0.3 is 10.2 Å². The van der Waals surface area contributed by atoms with Crippen LogP contribution in [0.25, 0.3) is 0 Å². The fourth-order valence-electron chi connectivity index (χ4n) is 2.49. The number of hydrogen-bond acceptors (Lipinski definition) is 2. The van der Waals surface area contributed by atoms with Crippen molar-refractivity contribution >= 4 is 40.7 Å². The first-order valence-electron chi connectivity index (χ1n) is 8.46. The minimum absolute atomic E-state index is 0.0805. The Bertz CT molecular complexity index is 769. The molecule has 0 radical (unpaired) electrons. The van der Waals surface area contributed by atoms with Gasteiger partial charge >= 0.3 is 0 Å². The second-order valence-electron chi connectivity index (χ2n) is 6.24. The Morgan fingerprint density at radius 1 is 1.04 bits per heavy atom. The van der Waals surface area contributed by atoms with E-state index in [-0.39, 0.29) is 18.4 Å². The smallest absolute Gasteiger partial charge is 0.254 e. The molecule has 2 aromatic rings. The normalized spacial score (nSPS) is 10.7. The summed E-state index contributed by atoms with van der Waals surface area (Å²) in [5.41, 5.74) is 2.07. The zero-order valence-corrected chi connectivity index (χ0v) is 16.6. The number of anilines is 1. The molecule has 0 spiro atoms. The first-order valence-corrected chi connectivity index (χ1v) is 9.22. The summed E-state index contributed by atoms with van der Waals surface area (Å²) in [5.74, 6) is -0.148. The maximum Gasteiger partial charge on any atom is 0.254 e. The number of halogens is 2. The van der Waals surface area contributed by atoms with Gasteiger partial charge in [0.15, 0.2) is 0 Å². The van der Waals surface area contributed by atoms with Crippen LogP contribution in [0, 0.1) is 0 Å². The van der Waals surface area contributed by atoms with E-state index in [0.29, 0.717) is 33.8 Å². The molecule has 2 aromatic carbocycles. The molecule has 0 fully saturated rings. The number of carbonyl (C=O) groups excluding carboxylic acids is 2. The average Bonchev–Trinajstić information content (AvgIpc) is 2.62. The fourth-order valence-corrected chi connectivity index (χ4v) is 2.98. The molecule has 0 atom stereocenters. The van der Waals surface area contributed by atoms with Crippen molar-refractivity contribution in [3.8, 4) is 0 Å². The molecule has 26 heavy (non-hydrogen) atoms. The van der Waals surface area contributed by atoms with Gasteiger partial charge in [0.1, 0.15) is 6.54 Å². The number of rotatable bonds is 6. The van der Waals surface area contributed by atoms with E-state index in [1.807, 2.05) is 19.1 Å². The third-order valence-electron chi connectivity index (χ3n) is 4.05. The van der Waals surface area contributed by atoms with E-state index < -0.39 is 0 Å². The molecule has 0 unspecified atom stereocenters. The number of hydrogen-bond donors (Lipinski definition) is 1. The van der Waals surface area contributed by atoms with E-state index in [1.165, 1.54) is 4.90 Å². The van der Waals surface area contributed by atoms with Gasteiger partial charge in [-0.25, -0.2) is 0 Å². The van der Waals surface area contributed by atoms with Gasteiger partial charge in [0.2, 0.25) is 5.91 Å². The highest BCUT2D eigenvalue weighted by molar-refractivity contribution is 6.39. The Hall–Kier alpha value is -2.04. The molecule has 0 saturated heterocycles. The van der Waals surface area contributed by atoms with Crippen molar-refractivity contribution in [2.75, 3.05) is 18.4 Å². The van der Waals surface area contributed by atoms with Gasteiger partial charge in [0.25, 0.3) is 5.91 Å². The molecular weight excluding hydrogens is 371 g/mol. The van der Waals surface area contributed by atoms with Crippen LogP contribution in [0.15, 0.2) is 42.5 Å². The van der Waals surface area contributed by atoms with Gasteiger partial charge in [-0.15, -0.1) is 0 Å². The summed E-state index contributed by atoms with van der Waals surface area (Å²) in [4.78, 5) is 26.5. The molecule has 0 aromatic heterocycles. The lowest BCUT2D eigenvalue weighted by atomic mass is 10.0. The van der Waals surface area contributed by atoms with Gasteiger partial charge in [-0.05, 0) is 42.7 Å². The topological polar surface area (TPSA) is 49.4 Å². The van der Waals surface area contributed by atoms with E-state index in [0.717, 1.165) is 5.56 Å². The number of nitrogens with one attached hydrogen (secondary N) is 1. The zero-order valence-electron chi connectivity index (χ0n) is 15.1. The predicted octanol–water partition coefficient (Wildman–Crippen LogP) is 5.22. The summed E-state index contributed by atoms with van der Waals surface area (Å²) in [6, 6.07) is 12.4. The van der Waals surface area contributed by atoms with Gasteiger partial charge in [0.05, 0.1) is 15.7 Å². The molecule has 6 heteroatoms. The minimum Gasteiger partial charge on any atom is -0.330 e. The summed E-state index contributed by atoms with van der Waals surface area (Å²) >= 11 is 12.1. The fraction of sp³-hybridized carbons (Fsp3) is 0.300. The second kappa shape index (κ2) is 9.06. The molecule has 0 aliphatic rings. The lowest BCUT2D eigenvalue weighted by molar-refractivity contribution is -0.116. The van der Waals surface area contributed by atoms with E-state index >= 15 is 0 Å². The third kappa shape index (κ3) is 4.99. The molecule has 4 nitrogen and oxygen atoms in total. The van der Waals surface area contributed by atoms with Crippen LogP contribution in [0.2, 0.25) is 10.0 Å². The van der Waals surface area contributed by atoms with Crippen molar-refractivity contribution in [3.63, 3.8) is 0 Å². The molecule has 0 saturated carbocycles. The van der Waals surface area contributed by atoms with E-state index in [1.54, 1.807) is 30.3 Å². The number of nitrogens with zero attached hydrogens (tertiary/aromatic N) is 1. The molecule has 2 rings (SSSR count). The van der Waals surface area contributed by atoms with Gasteiger partial charge in [-0.2, -0.15) is 0 Å². The molecular formula is C20H22Cl2N2O2. The molecule has 138 valence electrons. The van der Waals surface area contributed by atoms with Crippen molar-refractivity contribution in [2.45, 2.75) is 26.7 Å². The SMILES string of the molecule is CCN(CC(=O)Nc1c(Cl)cccc1Cl)C(=O)c1ccc(C(C)C)cc1. The van der Waals surface area contributed by atoms with Crippen LogP contribution in [-0.4, -0.2) is 29.8 Å². The van der Waals surface area contributed by atoms with Gasteiger partial charge in [-0.3, -0.25) is 9.59 Å². The van der Waals surface area contributed by atoms with Crippen LogP contribution in [0.4, 0.5) is 5.69 Å². The largest absolute Gasteiger partial charge is 0.330 e. The van der Waals surface area contributed by atoms with Crippen molar-refractivity contribution in [1.82, 2.24) is 4.90 Å². The van der Waals surface area contributed by atoms with Crippen molar-refractivity contribution in [3.05, 3.63) is 63.6 Å². The highest BCUT2D eigenvalue weighted by Gasteiger charge is 2.19. The van der Waals surface area contributed by atoms with E-state index in [9.17, 15) is 9.59 Å². The van der Waals surface area contributed by atoms with E-state index in [4.69, 9.17) is 23.2 Å². The Morgan fingerprint density at radius 3 is 2.12 bits per heavy atom. The summed E-state index contributed by atoms with van der Waals surface area (Å²) in [6.45, 7) is 6.35. The highest BCUT2D eigenvalue weighted by atomic mass is 35.5. The van der Waals surface area contributed by atoms with Crippen molar-refractivity contribution in [1.29, 1.82) is 0 Å². The molecule has 0 aliphatic carbocycles. The number of likely N-dealkylation sites (N-methyl/N-ethyl adjacent to an activating group) is 1. The van der Waals surface area contributed by atoms with Crippen LogP contribution < -0.4 is 5.32 Å². The highest BCUT2D eigenvalue weighted by Crippen LogP contribution is 2.29. The van der Waals surface area contributed by atoms with Crippen molar-refractivity contribution in [2.24, 2.45) is 0 Å². The molecule has 2 amide bonds. The Labute approximate surface area is 164 Å². The molecule has 0 heterocycles. The van der Waals surface area contributed by atoms with Crippen LogP contribution in [0.1, 0.15) is 42.6 Å². The number of carbonyl (C=O) groups is 2. The maximum absolute atomic E-state index is 12.7. The number of para-hydroxylation sites is 1. The summed E-state index contributed by atoms with van der Waals surface area (Å²) in [6.07, 6.45) is 0. The molecule has 1 N–H and O–H groups in total. The molecule has 0 aliphatic heterocycles. The maximum atomic E-state index is 12.7. The Kier molecular flexibility index (Phi) is 7.06. The van der Waals surface area contributed by atoms with Crippen LogP contribution in [0.3, 0.4) is 0 Å². The van der Waals surface area contributed by atoms with Gasteiger partial charge in [-0.1, -0.05) is 55.2 Å². The monoisotopic (exact) mass is 392 g/mol. The minimum atomic E-state index is -0.353. The Morgan fingerprint density at radius 2 is 1.62 bits per heavy atom. The zero-order chi connectivity index (χ0) is 19.3. The van der Waals surface area contributed by atoms with Crippen LogP contribution in [0.5, 0.6) is 0 Å². The number of amides is 2. The number of benzene rings is 2. The quantitative estimate of drug-likeness (QED) is 0.732. The van der Waals surface area contributed by atoms with Crippen LogP contribution in [-0.2, 0) is 4.79 Å². The lowest BCUT2D eigenvalue weighted by Gasteiger charge is -2.21. The lowest BCUT2D eigenvalue weighted by Crippen LogP contribution is -2.38. The second-order valence-corrected chi connectivity index (χ2v) is 7.06. The predicted molar refractivity (Wildman–Crippen MR) is 107 cm³/mol. The summed E-state index contributed by atoms with van der Waals surface area (Å²) in [7, 11) is 0. The summed E-state index contributed by atoms with van der Waals surface area (Å²) in [5, 5.41) is 3.38. The molecule has 0 bridgehead atoms. The Balaban J connectivity index is 2.08. The summed E-state index contributed by atoms with van der Waals surface area (Å²) < 4.78 is 0. The first kappa shape index (κ1) is 20.3. The van der Waals surface area contributed by atoms with Crippen molar-refractivity contribution < 1.29 is 9.59 Å². The average molecular weight is 393 g/mol. The van der Waals surface area contributed by atoms with E-state index in [2.05, 4.69) is 19.2 Å². The standard InChI is InChI=1S/C20H22Cl2N2O2/c1-4-24(20(26)15-10-8-14(9-11-15)13(2)3)12-18(25)23-19-16(21)6-5-7-17(19)22/h5-11,13H,4,12H2,1-3H3,(H,23,25). The third-order valence-corrected chi connectivity index (χ3v) is 4.68. The first-order chi connectivity index (χ1) is 12.3. The van der Waals surface area contributed by atoms with Crippen LogP contribution >= 0.6 is 23.2 Å².